The molecule has 0 spiro atoms. The molecule has 0 saturated carbocycles. The molecule has 0 saturated heterocycles. The van der Waals surface area contributed by atoms with Crippen molar-refractivity contribution in [3.05, 3.63) is 77.9 Å². The molecule has 2 amide bonds. The van der Waals surface area contributed by atoms with Crippen LogP contribution in [0.3, 0.4) is 0 Å². The summed E-state index contributed by atoms with van der Waals surface area (Å²) in [5, 5.41) is 4.91. The van der Waals surface area contributed by atoms with Gasteiger partial charge in [-0.25, -0.2) is 0 Å². The number of nitrogens with one attached hydrogen (secondary N) is 1. The van der Waals surface area contributed by atoms with Crippen LogP contribution in [-0.4, -0.2) is 11.8 Å². The molecule has 0 aliphatic heterocycles. The molecule has 0 unspecified atom stereocenters. The van der Waals surface area contributed by atoms with Crippen molar-refractivity contribution in [3.8, 4) is 0 Å². The predicted molar refractivity (Wildman–Crippen MR) is 91.2 cm³/mol. The Bertz CT molecular complexity index is 882. The molecular formula is C19H16N2O2. The molecular weight excluding hydrogens is 288 g/mol. The number of para-hydroxylation sites is 1. The molecule has 4 heteroatoms. The number of primary amides is 1. The van der Waals surface area contributed by atoms with Crippen molar-refractivity contribution in [1.29, 1.82) is 0 Å². The molecule has 0 bridgehead atoms. The van der Waals surface area contributed by atoms with Gasteiger partial charge in [0.2, 0.25) is 5.91 Å². The highest BCUT2D eigenvalue weighted by molar-refractivity contribution is 6.04. The van der Waals surface area contributed by atoms with Crippen molar-refractivity contribution in [1.82, 2.24) is 0 Å². The lowest BCUT2D eigenvalue weighted by atomic mass is 10.0. The Hall–Kier alpha value is -3.14. The molecule has 3 N–H and O–H groups in total. The number of hydrogen-bond acceptors (Lipinski definition) is 2. The molecule has 3 rings (SSSR count). The SMILES string of the molecule is NC(=O)c1ccccc1NC(=O)Cc1cccc2ccccc12. The van der Waals surface area contributed by atoms with E-state index in [2.05, 4.69) is 5.32 Å². The Kier molecular flexibility index (Phi) is 4.06. The number of hydrogen-bond donors (Lipinski definition) is 2. The van der Waals surface area contributed by atoms with Gasteiger partial charge in [0.25, 0.3) is 5.91 Å². The lowest BCUT2D eigenvalue weighted by Gasteiger charge is -2.10. The van der Waals surface area contributed by atoms with Crippen molar-refractivity contribution in [2.75, 3.05) is 5.32 Å². The van der Waals surface area contributed by atoms with Crippen LogP contribution in [0.5, 0.6) is 0 Å². The lowest BCUT2D eigenvalue weighted by molar-refractivity contribution is -0.115. The maximum absolute atomic E-state index is 12.3. The number of carbonyl (C=O) groups is 2. The summed E-state index contributed by atoms with van der Waals surface area (Å²) in [6.07, 6.45) is 0.231. The minimum absolute atomic E-state index is 0.185. The van der Waals surface area contributed by atoms with Crippen LogP contribution in [0, 0.1) is 0 Å². The van der Waals surface area contributed by atoms with Gasteiger partial charge in [-0.2, -0.15) is 0 Å². The quantitative estimate of drug-likeness (QED) is 0.777. The van der Waals surface area contributed by atoms with Crippen molar-refractivity contribution in [2.45, 2.75) is 6.42 Å². The van der Waals surface area contributed by atoms with E-state index >= 15 is 0 Å². The van der Waals surface area contributed by atoms with Gasteiger partial charge in [-0.1, -0.05) is 54.6 Å². The first-order chi connectivity index (χ1) is 11.1. The Morgan fingerprint density at radius 3 is 2.39 bits per heavy atom. The zero-order valence-electron chi connectivity index (χ0n) is 12.5. The number of carbonyl (C=O) groups excluding carboxylic acids is 2. The number of benzene rings is 3. The molecule has 0 radical (unpaired) electrons. The highest BCUT2D eigenvalue weighted by Crippen LogP contribution is 2.20. The van der Waals surface area contributed by atoms with Crippen LogP contribution in [0.25, 0.3) is 10.8 Å². The molecule has 0 aliphatic rings. The maximum Gasteiger partial charge on any atom is 0.250 e. The van der Waals surface area contributed by atoms with E-state index in [4.69, 9.17) is 5.73 Å². The summed E-state index contributed by atoms with van der Waals surface area (Å²) >= 11 is 0. The van der Waals surface area contributed by atoms with Crippen molar-refractivity contribution < 1.29 is 9.59 Å². The fourth-order valence-electron chi connectivity index (χ4n) is 2.62. The van der Waals surface area contributed by atoms with Gasteiger partial charge in [0.1, 0.15) is 0 Å². The molecule has 0 aliphatic carbocycles. The van der Waals surface area contributed by atoms with Crippen LogP contribution in [0.1, 0.15) is 15.9 Å². The van der Waals surface area contributed by atoms with E-state index in [9.17, 15) is 9.59 Å². The molecule has 3 aromatic carbocycles. The van der Waals surface area contributed by atoms with E-state index in [1.165, 1.54) is 0 Å². The highest BCUT2D eigenvalue weighted by Gasteiger charge is 2.11. The lowest BCUT2D eigenvalue weighted by Crippen LogP contribution is -2.19. The fourth-order valence-corrected chi connectivity index (χ4v) is 2.62. The minimum Gasteiger partial charge on any atom is -0.366 e. The van der Waals surface area contributed by atoms with Gasteiger partial charge >= 0.3 is 0 Å². The average molecular weight is 304 g/mol. The van der Waals surface area contributed by atoms with Gasteiger partial charge in [0.05, 0.1) is 17.7 Å². The molecule has 3 aromatic rings. The second kappa shape index (κ2) is 6.32. The van der Waals surface area contributed by atoms with Gasteiger partial charge in [0.15, 0.2) is 0 Å². The van der Waals surface area contributed by atoms with Gasteiger partial charge in [0, 0.05) is 0 Å². The number of nitrogens with two attached hydrogens (primary N) is 1. The Morgan fingerprint density at radius 2 is 1.57 bits per heavy atom. The molecule has 0 heterocycles. The Balaban J connectivity index is 1.84. The largest absolute Gasteiger partial charge is 0.366 e. The Labute approximate surface area is 133 Å². The summed E-state index contributed by atoms with van der Waals surface area (Å²) in [5.41, 5.74) is 7.01. The van der Waals surface area contributed by atoms with E-state index in [-0.39, 0.29) is 12.3 Å². The first-order valence-electron chi connectivity index (χ1n) is 7.30. The second-order valence-corrected chi connectivity index (χ2v) is 5.27. The molecule has 0 fully saturated rings. The van der Waals surface area contributed by atoms with Gasteiger partial charge < -0.3 is 11.1 Å². The fraction of sp³-hybridized carbons (Fsp3) is 0.0526. The van der Waals surface area contributed by atoms with E-state index in [0.29, 0.717) is 11.3 Å². The van der Waals surface area contributed by atoms with Crippen LogP contribution < -0.4 is 11.1 Å². The molecule has 0 aromatic heterocycles. The van der Waals surface area contributed by atoms with Gasteiger partial charge in [-0.15, -0.1) is 0 Å². The standard InChI is InChI=1S/C19H16N2O2/c20-19(23)16-10-3-4-11-17(16)21-18(22)12-14-8-5-7-13-6-1-2-9-15(13)14/h1-11H,12H2,(H2,20,23)(H,21,22). The highest BCUT2D eigenvalue weighted by atomic mass is 16.2. The summed E-state index contributed by atoms with van der Waals surface area (Å²) in [5.74, 6) is -0.749. The van der Waals surface area contributed by atoms with Crippen LogP contribution in [0.2, 0.25) is 0 Å². The van der Waals surface area contributed by atoms with Gasteiger partial charge in [-0.3, -0.25) is 9.59 Å². The van der Waals surface area contributed by atoms with Crippen LogP contribution >= 0.6 is 0 Å². The summed E-state index contributed by atoms with van der Waals surface area (Å²) in [4.78, 5) is 23.7. The van der Waals surface area contributed by atoms with Crippen LogP contribution in [0.15, 0.2) is 66.7 Å². The minimum atomic E-state index is -0.564. The third-order valence-corrected chi connectivity index (χ3v) is 3.70. The van der Waals surface area contributed by atoms with Crippen molar-refractivity contribution in [2.24, 2.45) is 5.73 Å². The number of amides is 2. The molecule has 4 nitrogen and oxygen atoms in total. The summed E-state index contributed by atoms with van der Waals surface area (Å²) in [6.45, 7) is 0. The number of rotatable bonds is 4. The second-order valence-electron chi connectivity index (χ2n) is 5.27. The van der Waals surface area contributed by atoms with E-state index < -0.39 is 5.91 Å². The first kappa shape index (κ1) is 14.8. The molecule has 23 heavy (non-hydrogen) atoms. The number of fused-ring (bicyclic) bond motifs is 1. The van der Waals surface area contributed by atoms with Crippen molar-refractivity contribution >= 4 is 28.3 Å². The van der Waals surface area contributed by atoms with E-state index in [0.717, 1.165) is 16.3 Å². The Morgan fingerprint density at radius 1 is 0.870 bits per heavy atom. The predicted octanol–water partition coefficient (Wildman–Crippen LogP) is 3.12. The van der Waals surface area contributed by atoms with Gasteiger partial charge in [-0.05, 0) is 28.5 Å². The zero-order valence-corrected chi connectivity index (χ0v) is 12.5. The zero-order chi connectivity index (χ0) is 16.2. The normalized spacial score (nSPS) is 10.4. The van der Waals surface area contributed by atoms with Crippen molar-refractivity contribution in [3.63, 3.8) is 0 Å². The average Bonchev–Trinajstić information content (AvgIpc) is 2.55. The molecule has 114 valence electrons. The van der Waals surface area contributed by atoms with Crippen LogP contribution in [0.4, 0.5) is 5.69 Å². The van der Waals surface area contributed by atoms with E-state index in [1.54, 1.807) is 24.3 Å². The monoisotopic (exact) mass is 304 g/mol. The summed E-state index contributed by atoms with van der Waals surface area (Å²) in [6, 6.07) is 20.5. The third-order valence-electron chi connectivity index (χ3n) is 3.70. The molecule has 0 atom stereocenters. The van der Waals surface area contributed by atoms with Crippen LogP contribution in [-0.2, 0) is 11.2 Å². The topological polar surface area (TPSA) is 72.2 Å². The maximum atomic E-state index is 12.3. The summed E-state index contributed by atoms with van der Waals surface area (Å²) in [7, 11) is 0. The summed E-state index contributed by atoms with van der Waals surface area (Å²) < 4.78 is 0. The smallest absolute Gasteiger partial charge is 0.250 e. The first-order valence-corrected chi connectivity index (χ1v) is 7.30. The van der Waals surface area contributed by atoms with E-state index in [1.807, 2.05) is 42.5 Å². The third kappa shape index (κ3) is 3.21. The number of anilines is 1.